The van der Waals surface area contributed by atoms with Crippen molar-refractivity contribution in [1.29, 1.82) is 0 Å². The number of thioether (sulfide) groups is 1. The fourth-order valence-corrected chi connectivity index (χ4v) is 3.53. The van der Waals surface area contributed by atoms with Crippen LogP contribution in [0.4, 0.5) is 10.1 Å². The number of benzene rings is 2. The number of ketones is 1. The SMILES string of the molecule is COc1ccccc1-c1nnc(SCC(=O)c2ccc(NC(C)=O)cc2F)n1C. The van der Waals surface area contributed by atoms with Crippen molar-refractivity contribution >= 4 is 29.1 Å². The van der Waals surface area contributed by atoms with E-state index in [0.717, 1.165) is 11.6 Å². The lowest BCUT2D eigenvalue weighted by Crippen LogP contribution is -2.09. The number of hydrogen-bond donors (Lipinski definition) is 1. The van der Waals surface area contributed by atoms with E-state index in [4.69, 9.17) is 4.74 Å². The molecule has 0 spiro atoms. The Morgan fingerprint density at radius 3 is 2.66 bits per heavy atom. The van der Waals surface area contributed by atoms with Gasteiger partial charge in [0.1, 0.15) is 11.6 Å². The maximum atomic E-state index is 14.2. The number of Topliss-reactive ketones (excluding diaryl/α,β-unsaturated/α-hetero) is 1. The lowest BCUT2D eigenvalue weighted by molar-refractivity contribution is -0.114. The van der Waals surface area contributed by atoms with Gasteiger partial charge in [0.15, 0.2) is 16.8 Å². The number of para-hydroxylation sites is 1. The van der Waals surface area contributed by atoms with Crippen LogP contribution in [0.2, 0.25) is 0 Å². The van der Waals surface area contributed by atoms with Gasteiger partial charge in [-0.1, -0.05) is 23.9 Å². The minimum absolute atomic E-state index is 0.00565. The van der Waals surface area contributed by atoms with Crippen molar-refractivity contribution < 1.29 is 18.7 Å². The highest BCUT2D eigenvalue weighted by atomic mass is 32.2. The second-order valence-electron chi connectivity index (χ2n) is 6.15. The van der Waals surface area contributed by atoms with Gasteiger partial charge in [0.25, 0.3) is 0 Å². The van der Waals surface area contributed by atoms with E-state index in [1.165, 1.54) is 30.8 Å². The molecule has 0 aliphatic rings. The third-order valence-corrected chi connectivity index (χ3v) is 5.13. The molecule has 0 aliphatic heterocycles. The predicted molar refractivity (Wildman–Crippen MR) is 109 cm³/mol. The molecule has 0 aliphatic carbocycles. The number of nitrogens with zero attached hydrogens (tertiary/aromatic N) is 3. The number of anilines is 1. The van der Waals surface area contributed by atoms with Gasteiger partial charge in [-0.2, -0.15) is 0 Å². The first-order valence-corrected chi connectivity index (χ1v) is 9.65. The first-order valence-electron chi connectivity index (χ1n) is 8.66. The normalized spacial score (nSPS) is 10.6. The molecule has 0 unspecified atom stereocenters. The van der Waals surface area contributed by atoms with E-state index in [1.54, 1.807) is 18.7 Å². The van der Waals surface area contributed by atoms with Crippen LogP contribution in [0.5, 0.6) is 5.75 Å². The van der Waals surface area contributed by atoms with Gasteiger partial charge in [-0.25, -0.2) is 4.39 Å². The summed E-state index contributed by atoms with van der Waals surface area (Å²) in [5.41, 5.74) is 1.04. The van der Waals surface area contributed by atoms with Gasteiger partial charge in [0, 0.05) is 19.7 Å². The molecule has 29 heavy (non-hydrogen) atoms. The highest BCUT2D eigenvalue weighted by molar-refractivity contribution is 7.99. The van der Waals surface area contributed by atoms with E-state index < -0.39 is 5.82 Å². The molecule has 1 heterocycles. The highest BCUT2D eigenvalue weighted by Gasteiger charge is 2.18. The van der Waals surface area contributed by atoms with Gasteiger partial charge >= 0.3 is 0 Å². The largest absolute Gasteiger partial charge is 0.496 e. The Labute approximate surface area is 171 Å². The van der Waals surface area contributed by atoms with Crippen molar-refractivity contribution in [2.24, 2.45) is 7.05 Å². The standard InChI is InChI=1S/C20H19FN4O3S/c1-12(26)22-13-8-9-14(16(21)10-13)17(27)11-29-20-24-23-19(25(20)2)15-6-4-5-7-18(15)28-3/h4-10H,11H2,1-3H3,(H,22,26). The number of carbonyl (C=O) groups is 2. The van der Waals surface area contributed by atoms with Gasteiger partial charge in [-0.05, 0) is 30.3 Å². The Morgan fingerprint density at radius 2 is 1.97 bits per heavy atom. The quantitative estimate of drug-likeness (QED) is 0.470. The Kier molecular flexibility index (Phi) is 6.28. The van der Waals surface area contributed by atoms with Crippen LogP contribution >= 0.6 is 11.8 Å². The number of ether oxygens (including phenoxy) is 1. The van der Waals surface area contributed by atoms with Crippen LogP contribution in [-0.2, 0) is 11.8 Å². The molecule has 9 heteroatoms. The third-order valence-electron chi connectivity index (χ3n) is 4.11. The van der Waals surface area contributed by atoms with Crippen molar-refractivity contribution in [2.45, 2.75) is 12.1 Å². The molecule has 3 aromatic rings. The van der Waals surface area contributed by atoms with Gasteiger partial charge in [-0.15, -0.1) is 10.2 Å². The first kappa shape index (κ1) is 20.5. The van der Waals surface area contributed by atoms with E-state index in [0.29, 0.717) is 22.4 Å². The fraction of sp³-hybridized carbons (Fsp3) is 0.200. The molecule has 7 nitrogen and oxygen atoms in total. The summed E-state index contributed by atoms with van der Waals surface area (Å²) < 4.78 is 21.3. The summed E-state index contributed by atoms with van der Waals surface area (Å²) in [4.78, 5) is 23.5. The molecule has 150 valence electrons. The zero-order valence-electron chi connectivity index (χ0n) is 16.1. The van der Waals surface area contributed by atoms with Gasteiger partial charge < -0.3 is 14.6 Å². The molecule has 2 aromatic carbocycles. The summed E-state index contributed by atoms with van der Waals surface area (Å²) in [6.45, 7) is 1.33. The molecular formula is C20H19FN4O3S. The highest BCUT2D eigenvalue weighted by Crippen LogP contribution is 2.30. The summed E-state index contributed by atoms with van der Waals surface area (Å²) in [6, 6.07) is 11.4. The number of halogens is 1. The minimum Gasteiger partial charge on any atom is -0.496 e. The van der Waals surface area contributed by atoms with Crippen molar-refractivity contribution in [3.63, 3.8) is 0 Å². The topological polar surface area (TPSA) is 86.1 Å². The minimum atomic E-state index is -0.686. The van der Waals surface area contributed by atoms with Crippen LogP contribution < -0.4 is 10.1 Å². The number of nitrogens with one attached hydrogen (secondary N) is 1. The molecule has 0 bridgehead atoms. The molecular weight excluding hydrogens is 395 g/mol. The second-order valence-corrected chi connectivity index (χ2v) is 7.10. The van der Waals surface area contributed by atoms with E-state index in [2.05, 4.69) is 15.5 Å². The number of carbonyl (C=O) groups excluding carboxylic acids is 2. The van der Waals surface area contributed by atoms with E-state index >= 15 is 0 Å². The first-order chi connectivity index (χ1) is 13.9. The third kappa shape index (κ3) is 4.62. The zero-order valence-corrected chi connectivity index (χ0v) is 16.9. The Balaban J connectivity index is 1.73. The number of methoxy groups -OCH3 is 1. The monoisotopic (exact) mass is 414 g/mol. The lowest BCUT2D eigenvalue weighted by atomic mass is 10.1. The summed E-state index contributed by atoms with van der Waals surface area (Å²) in [5, 5.41) is 11.3. The summed E-state index contributed by atoms with van der Waals surface area (Å²) in [6.07, 6.45) is 0. The van der Waals surface area contributed by atoms with Crippen molar-refractivity contribution in [1.82, 2.24) is 14.8 Å². The smallest absolute Gasteiger partial charge is 0.221 e. The molecule has 0 fully saturated rings. The molecule has 1 N–H and O–H groups in total. The van der Waals surface area contributed by atoms with Crippen LogP contribution in [0.3, 0.4) is 0 Å². The molecule has 0 saturated heterocycles. The predicted octanol–water partition coefficient (Wildman–Crippen LogP) is 3.56. The van der Waals surface area contributed by atoms with Gasteiger partial charge in [-0.3, -0.25) is 9.59 Å². The van der Waals surface area contributed by atoms with Crippen LogP contribution in [-0.4, -0.2) is 39.3 Å². The van der Waals surface area contributed by atoms with E-state index in [-0.39, 0.29) is 23.0 Å². The summed E-state index contributed by atoms with van der Waals surface area (Å²) in [5.74, 6) is -0.125. The molecule has 0 atom stereocenters. The van der Waals surface area contributed by atoms with E-state index in [1.807, 2.05) is 24.3 Å². The fourth-order valence-electron chi connectivity index (χ4n) is 2.73. The zero-order chi connectivity index (χ0) is 21.0. The Bertz CT molecular complexity index is 1070. The van der Waals surface area contributed by atoms with Crippen LogP contribution in [0.15, 0.2) is 47.6 Å². The van der Waals surface area contributed by atoms with Crippen LogP contribution in [0.1, 0.15) is 17.3 Å². The number of hydrogen-bond acceptors (Lipinski definition) is 6. The van der Waals surface area contributed by atoms with Crippen molar-refractivity contribution in [2.75, 3.05) is 18.2 Å². The average molecular weight is 414 g/mol. The average Bonchev–Trinajstić information content (AvgIpc) is 3.06. The number of rotatable bonds is 7. The van der Waals surface area contributed by atoms with Crippen molar-refractivity contribution in [3.8, 4) is 17.1 Å². The maximum Gasteiger partial charge on any atom is 0.221 e. The van der Waals surface area contributed by atoms with Gasteiger partial charge in [0.2, 0.25) is 5.91 Å². The Hall–Kier alpha value is -3.20. The lowest BCUT2D eigenvalue weighted by Gasteiger charge is -2.08. The van der Waals surface area contributed by atoms with Crippen LogP contribution in [0, 0.1) is 5.82 Å². The van der Waals surface area contributed by atoms with Crippen molar-refractivity contribution in [3.05, 3.63) is 53.8 Å². The molecule has 0 radical (unpaired) electrons. The van der Waals surface area contributed by atoms with E-state index in [9.17, 15) is 14.0 Å². The van der Waals surface area contributed by atoms with Gasteiger partial charge in [0.05, 0.1) is 24.0 Å². The Morgan fingerprint density at radius 1 is 1.21 bits per heavy atom. The summed E-state index contributed by atoms with van der Waals surface area (Å²) in [7, 11) is 3.37. The molecule has 0 saturated carbocycles. The molecule has 3 rings (SSSR count). The molecule has 1 aromatic heterocycles. The second kappa shape index (κ2) is 8.87. The van der Waals surface area contributed by atoms with Crippen LogP contribution in [0.25, 0.3) is 11.4 Å². The number of amides is 1. The molecule has 1 amide bonds. The summed E-state index contributed by atoms with van der Waals surface area (Å²) >= 11 is 1.17. The maximum absolute atomic E-state index is 14.2. The number of aromatic nitrogens is 3.